The van der Waals surface area contributed by atoms with E-state index in [0.717, 1.165) is 57.3 Å². The Hall–Kier alpha value is -1.59. The third-order valence-corrected chi connectivity index (χ3v) is 6.32. The van der Waals surface area contributed by atoms with E-state index >= 15 is 0 Å². The maximum absolute atomic E-state index is 9.71. The maximum atomic E-state index is 9.71. The van der Waals surface area contributed by atoms with Crippen molar-refractivity contribution in [2.75, 3.05) is 45.8 Å². The number of benzene rings is 1. The molecule has 162 valence electrons. The van der Waals surface area contributed by atoms with Gasteiger partial charge in [0.1, 0.15) is 0 Å². The number of aliphatic hydroxyl groups is 1. The fourth-order valence-electron chi connectivity index (χ4n) is 4.50. The SMILES string of the molecule is CCNC(=NCCCCN1CCC(Cc2ccccc2)CC1)N1CCC(O)CC1. The van der Waals surface area contributed by atoms with Crippen LogP contribution in [0.1, 0.15) is 51.0 Å². The first kappa shape index (κ1) is 22.1. The molecule has 3 rings (SSSR count). The van der Waals surface area contributed by atoms with Crippen molar-refractivity contribution in [2.24, 2.45) is 10.9 Å². The molecule has 0 bridgehead atoms. The van der Waals surface area contributed by atoms with Crippen LogP contribution in [-0.4, -0.2) is 72.8 Å². The number of guanidine groups is 1. The Labute approximate surface area is 177 Å². The second-order valence-corrected chi connectivity index (χ2v) is 8.64. The number of likely N-dealkylation sites (tertiary alicyclic amines) is 2. The van der Waals surface area contributed by atoms with Crippen molar-refractivity contribution in [1.29, 1.82) is 0 Å². The van der Waals surface area contributed by atoms with Gasteiger partial charge in [-0.15, -0.1) is 0 Å². The topological polar surface area (TPSA) is 51.1 Å². The first-order valence-electron chi connectivity index (χ1n) is 11.7. The molecule has 0 saturated carbocycles. The minimum Gasteiger partial charge on any atom is -0.393 e. The molecule has 0 spiro atoms. The highest BCUT2D eigenvalue weighted by atomic mass is 16.3. The van der Waals surface area contributed by atoms with Gasteiger partial charge < -0.3 is 20.2 Å². The lowest BCUT2D eigenvalue weighted by Crippen LogP contribution is -2.46. The molecule has 2 aliphatic rings. The highest BCUT2D eigenvalue weighted by Gasteiger charge is 2.20. The summed E-state index contributed by atoms with van der Waals surface area (Å²) in [5, 5.41) is 13.1. The van der Waals surface area contributed by atoms with Gasteiger partial charge >= 0.3 is 0 Å². The molecule has 0 aliphatic carbocycles. The highest BCUT2D eigenvalue weighted by Crippen LogP contribution is 2.21. The number of nitrogens with one attached hydrogen (secondary N) is 1. The summed E-state index contributed by atoms with van der Waals surface area (Å²) in [5.74, 6) is 1.88. The summed E-state index contributed by atoms with van der Waals surface area (Å²) in [6.07, 6.45) is 7.85. The zero-order valence-corrected chi connectivity index (χ0v) is 18.2. The van der Waals surface area contributed by atoms with E-state index in [1.165, 1.54) is 50.9 Å². The normalized spacial score (nSPS) is 20.2. The number of hydrogen-bond acceptors (Lipinski definition) is 3. The van der Waals surface area contributed by atoms with E-state index in [1.807, 2.05) is 0 Å². The van der Waals surface area contributed by atoms with E-state index in [2.05, 4.69) is 52.4 Å². The van der Waals surface area contributed by atoms with Crippen molar-refractivity contribution in [2.45, 2.75) is 58.0 Å². The van der Waals surface area contributed by atoms with Crippen LogP contribution in [0.15, 0.2) is 35.3 Å². The first-order chi connectivity index (χ1) is 14.2. The van der Waals surface area contributed by atoms with Crippen LogP contribution in [-0.2, 0) is 6.42 Å². The van der Waals surface area contributed by atoms with Crippen molar-refractivity contribution in [3.63, 3.8) is 0 Å². The molecule has 2 N–H and O–H groups in total. The van der Waals surface area contributed by atoms with Crippen LogP contribution in [0.4, 0.5) is 0 Å². The Balaban J connectivity index is 1.30. The van der Waals surface area contributed by atoms with Crippen LogP contribution < -0.4 is 5.32 Å². The van der Waals surface area contributed by atoms with Crippen LogP contribution in [0, 0.1) is 5.92 Å². The Kier molecular flexibility index (Phi) is 9.29. The molecular formula is C24H40N4O. The molecule has 0 radical (unpaired) electrons. The first-order valence-corrected chi connectivity index (χ1v) is 11.7. The summed E-state index contributed by atoms with van der Waals surface area (Å²) in [6, 6.07) is 10.9. The monoisotopic (exact) mass is 400 g/mol. The number of unbranched alkanes of at least 4 members (excludes halogenated alkanes) is 1. The number of nitrogens with zero attached hydrogens (tertiary/aromatic N) is 3. The van der Waals surface area contributed by atoms with Crippen LogP contribution in [0.3, 0.4) is 0 Å². The largest absolute Gasteiger partial charge is 0.393 e. The van der Waals surface area contributed by atoms with Gasteiger partial charge in [0.25, 0.3) is 0 Å². The third kappa shape index (κ3) is 7.63. The van der Waals surface area contributed by atoms with Crippen LogP contribution in [0.2, 0.25) is 0 Å². The van der Waals surface area contributed by atoms with Crippen LogP contribution in [0.25, 0.3) is 0 Å². The van der Waals surface area contributed by atoms with Crippen molar-refractivity contribution in [3.8, 4) is 0 Å². The summed E-state index contributed by atoms with van der Waals surface area (Å²) >= 11 is 0. The van der Waals surface area contributed by atoms with E-state index in [4.69, 9.17) is 4.99 Å². The van der Waals surface area contributed by atoms with Crippen LogP contribution >= 0.6 is 0 Å². The number of aliphatic hydroxyl groups excluding tert-OH is 1. The van der Waals surface area contributed by atoms with Crippen molar-refractivity contribution < 1.29 is 5.11 Å². The summed E-state index contributed by atoms with van der Waals surface area (Å²) in [6.45, 7) is 9.44. The predicted octanol–water partition coefficient (Wildman–Crippen LogP) is 3.14. The Bertz CT molecular complexity index is 590. The van der Waals surface area contributed by atoms with Gasteiger partial charge in [0.15, 0.2) is 5.96 Å². The lowest BCUT2D eigenvalue weighted by Gasteiger charge is -2.32. The molecule has 5 heteroatoms. The third-order valence-electron chi connectivity index (χ3n) is 6.32. The van der Waals surface area contributed by atoms with Gasteiger partial charge in [0.05, 0.1) is 6.10 Å². The second-order valence-electron chi connectivity index (χ2n) is 8.64. The molecule has 29 heavy (non-hydrogen) atoms. The summed E-state index contributed by atoms with van der Waals surface area (Å²) in [5.41, 5.74) is 1.49. The summed E-state index contributed by atoms with van der Waals surface area (Å²) < 4.78 is 0. The van der Waals surface area contributed by atoms with Crippen molar-refractivity contribution >= 4 is 5.96 Å². The maximum Gasteiger partial charge on any atom is 0.193 e. The number of rotatable bonds is 8. The van der Waals surface area contributed by atoms with Crippen LogP contribution in [0.5, 0.6) is 0 Å². The van der Waals surface area contributed by atoms with Gasteiger partial charge in [0, 0.05) is 26.2 Å². The van der Waals surface area contributed by atoms with Crippen molar-refractivity contribution in [3.05, 3.63) is 35.9 Å². The molecular weight excluding hydrogens is 360 g/mol. The Morgan fingerprint density at radius 2 is 1.76 bits per heavy atom. The van der Waals surface area contributed by atoms with E-state index in [9.17, 15) is 5.11 Å². The van der Waals surface area contributed by atoms with Gasteiger partial charge in [-0.3, -0.25) is 4.99 Å². The summed E-state index contributed by atoms with van der Waals surface area (Å²) in [4.78, 5) is 9.78. The molecule has 0 atom stereocenters. The molecule has 2 saturated heterocycles. The van der Waals surface area contributed by atoms with Gasteiger partial charge in [-0.2, -0.15) is 0 Å². The molecule has 0 aromatic heterocycles. The average molecular weight is 401 g/mol. The molecule has 1 aromatic rings. The lowest BCUT2D eigenvalue weighted by atomic mass is 9.90. The lowest BCUT2D eigenvalue weighted by molar-refractivity contribution is 0.108. The quantitative estimate of drug-likeness (QED) is 0.400. The molecule has 1 aromatic carbocycles. The van der Waals surface area contributed by atoms with Gasteiger partial charge in [-0.25, -0.2) is 0 Å². The van der Waals surface area contributed by atoms with Gasteiger partial charge in [0.2, 0.25) is 0 Å². The smallest absolute Gasteiger partial charge is 0.193 e. The molecule has 2 fully saturated rings. The minimum absolute atomic E-state index is 0.133. The average Bonchev–Trinajstić information content (AvgIpc) is 2.75. The Morgan fingerprint density at radius 3 is 2.45 bits per heavy atom. The van der Waals surface area contributed by atoms with Crippen molar-refractivity contribution in [1.82, 2.24) is 15.1 Å². The fourth-order valence-corrected chi connectivity index (χ4v) is 4.50. The standard InChI is InChI=1S/C24H40N4O/c1-2-25-24(28-18-12-23(29)13-19-28)26-14-6-7-15-27-16-10-22(11-17-27)20-21-8-4-3-5-9-21/h3-5,8-9,22-23,29H,2,6-7,10-20H2,1H3,(H,25,26). The van der Waals surface area contributed by atoms with E-state index in [1.54, 1.807) is 0 Å². The second kappa shape index (κ2) is 12.2. The number of piperidine rings is 2. The molecule has 5 nitrogen and oxygen atoms in total. The predicted molar refractivity (Wildman–Crippen MR) is 121 cm³/mol. The fraction of sp³-hybridized carbons (Fsp3) is 0.708. The Morgan fingerprint density at radius 1 is 1.03 bits per heavy atom. The van der Waals surface area contributed by atoms with Gasteiger partial charge in [-0.1, -0.05) is 30.3 Å². The molecule has 2 heterocycles. The summed E-state index contributed by atoms with van der Waals surface area (Å²) in [7, 11) is 0. The number of hydrogen-bond donors (Lipinski definition) is 2. The molecule has 2 aliphatic heterocycles. The van der Waals surface area contributed by atoms with Gasteiger partial charge in [-0.05, 0) is 83.0 Å². The van der Waals surface area contributed by atoms with E-state index in [0.29, 0.717) is 0 Å². The minimum atomic E-state index is -0.133. The molecule has 0 amide bonds. The zero-order valence-electron chi connectivity index (χ0n) is 18.2. The highest BCUT2D eigenvalue weighted by molar-refractivity contribution is 5.80. The van der Waals surface area contributed by atoms with E-state index < -0.39 is 0 Å². The number of aliphatic imine (C=N–C) groups is 1. The molecule has 0 unspecified atom stereocenters. The van der Waals surface area contributed by atoms with E-state index in [-0.39, 0.29) is 6.10 Å². The zero-order chi connectivity index (χ0) is 20.3.